The van der Waals surface area contributed by atoms with E-state index in [1.54, 1.807) is 6.08 Å². The van der Waals surface area contributed by atoms with E-state index in [-0.39, 0.29) is 5.78 Å². The van der Waals surface area contributed by atoms with Crippen LogP contribution in [0.5, 0.6) is 0 Å². The summed E-state index contributed by atoms with van der Waals surface area (Å²) < 4.78 is 0. The molecule has 0 aromatic rings. The van der Waals surface area contributed by atoms with Crippen LogP contribution in [-0.2, 0) is 4.79 Å². The van der Waals surface area contributed by atoms with Crippen LogP contribution in [0.25, 0.3) is 0 Å². The van der Waals surface area contributed by atoms with Gasteiger partial charge in [-0.05, 0) is 42.1 Å². The van der Waals surface area contributed by atoms with E-state index >= 15 is 0 Å². The molecule has 0 aromatic heterocycles. The Kier molecular flexibility index (Phi) is 1.60. The Morgan fingerprint density at radius 1 is 1.29 bits per heavy atom. The largest absolute Gasteiger partial charge is 0.294 e. The smallest absolute Gasteiger partial charge is 0.160 e. The Morgan fingerprint density at radius 3 is 3.14 bits per heavy atom. The Balaban J connectivity index is 2.21. The molecular weight excluding hydrogens is 172 g/mol. The second-order valence-electron chi connectivity index (χ2n) is 4.10. The highest BCUT2D eigenvalue weighted by atomic mass is 16.1. The van der Waals surface area contributed by atoms with Crippen molar-refractivity contribution in [2.24, 2.45) is 0 Å². The average Bonchev–Trinajstić information content (AvgIpc) is 2.43. The van der Waals surface area contributed by atoms with Crippen molar-refractivity contribution in [3.8, 4) is 0 Å². The molecule has 0 amide bonds. The fourth-order valence-electron chi connectivity index (χ4n) is 2.54. The first-order valence-corrected chi connectivity index (χ1v) is 5.17. The van der Waals surface area contributed by atoms with Gasteiger partial charge >= 0.3 is 0 Å². The number of rotatable bonds is 0. The van der Waals surface area contributed by atoms with E-state index in [4.69, 9.17) is 0 Å². The van der Waals surface area contributed by atoms with E-state index in [0.717, 1.165) is 24.8 Å². The van der Waals surface area contributed by atoms with Gasteiger partial charge in [0.2, 0.25) is 0 Å². The van der Waals surface area contributed by atoms with Crippen molar-refractivity contribution in [3.63, 3.8) is 0 Å². The lowest BCUT2D eigenvalue weighted by Crippen LogP contribution is -2.06. The lowest BCUT2D eigenvalue weighted by molar-refractivity contribution is -0.114. The maximum Gasteiger partial charge on any atom is 0.160 e. The molecule has 0 aliphatic heterocycles. The second kappa shape index (κ2) is 2.81. The summed E-state index contributed by atoms with van der Waals surface area (Å²) >= 11 is 0. The summed E-state index contributed by atoms with van der Waals surface area (Å²) in [5, 5.41) is 0. The first-order valence-electron chi connectivity index (χ1n) is 5.17. The number of allylic oxidation sites excluding steroid dienone is 8. The van der Waals surface area contributed by atoms with Crippen LogP contribution in [0.15, 0.2) is 46.6 Å². The van der Waals surface area contributed by atoms with Crippen LogP contribution < -0.4 is 0 Å². The summed E-state index contributed by atoms with van der Waals surface area (Å²) in [7, 11) is 0. The highest BCUT2D eigenvalue weighted by Gasteiger charge is 2.25. The van der Waals surface area contributed by atoms with Crippen molar-refractivity contribution >= 4 is 5.78 Å². The molecule has 0 saturated carbocycles. The maximum atomic E-state index is 11.4. The van der Waals surface area contributed by atoms with Crippen LogP contribution in [0.1, 0.15) is 25.7 Å². The van der Waals surface area contributed by atoms with E-state index < -0.39 is 0 Å². The molecular formula is C13H12O. The molecule has 0 saturated heterocycles. The SMILES string of the molecule is O=C1C=C2C=CCCC3=C2C(=CC3)C1. The summed E-state index contributed by atoms with van der Waals surface area (Å²) in [6.45, 7) is 0. The molecule has 3 rings (SSSR count). The van der Waals surface area contributed by atoms with Gasteiger partial charge in [0, 0.05) is 6.42 Å². The number of carbonyl (C=O) groups is 1. The first kappa shape index (κ1) is 7.98. The molecule has 3 aliphatic carbocycles. The first-order chi connectivity index (χ1) is 6.84. The molecule has 3 aliphatic rings. The fraction of sp³-hybridized carbons (Fsp3) is 0.308. The molecule has 0 spiro atoms. The van der Waals surface area contributed by atoms with Crippen LogP contribution in [0.4, 0.5) is 0 Å². The molecule has 70 valence electrons. The third-order valence-electron chi connectivity index (χ3n) is 3.15. The van der Waals surface area contributed by atoms with E-state index in [1.807, 2.05) is 0 Å². The molecule has 1 nitrogen and oxygen atoms in total. The van der Waals surface area contributed by atoms with Gasteiger partial charge < -0.3 is 0 Å². The summed E-state index contributed by atoms with van der Waals surface area (Å²) in [5.41, 5.74) is 5.34. The zero-order valence-corrected chi connectivity index (χ0v) is 8.05. The van der Waals surface area contributed by atoms with Crippen LogP contribution in [0.3, 0.4) is 0 Å². The molecule has 0 N–H and O–H groups in total. The summed E-state index contributed by atoms with van der Waals surface area (Å²) in [6.07, 6.45) is 12.3. The minimum Gasteiger partial charge on any atom is -0.294 e. The third-order valence-corrected chi connectivity index (χ3v) is 3.15. The standard InChI is InChI=1S/C13H12O/c14-12-7-10-4-2-1-3-9-5-6-11(8-12)13(9)10/h2,4,6-7H,1,3,5,8H2. The number of hydrogen-bond acceptors (Lipinski definition) is 1. The van der Waals surface area contributed by atoms with Gasteiger partial charge in [-0.3, -0.25) is 4.79 Å². The number of ketones is 1. The van der Waals surface area contributed by atoms with Gasteiger partial charge in [-0.2, -0.15) is 0 Å². The Hall–Kier alpha value is -1.37. The van der Waals surface area contributed by atoms with Crippen LogP contribution in [-0.4, -0.2) is 5.78 Å². The Bertz CT molecular complexity index is 430. The fourth-order valence-corrected chi connectivity index (χ4v) is 2.54. The Morgan fingerprint density at radius 2 is 2.21 bits per heavy atom. The van der Waals surface area contributed by atoms with Crippen molar-refractivity contribution in [2.75, 3.05) is 0 Å². The van der Waals surface area contributed by atoms with Gasteiger partial charge in [-0.1, -0.05) is 23.8 Å². The highest BCUT2D eigenvalue weighted by molar-refractivity contribution is 5.97. The Labute approximate surface area is 83.5 Å². The molecule has 0 bridgehead atoms. The lowest BCUT2D eigenvalue weighted by Gasteiger charge is -2.15. The third kappa shape index (κ3) is 1.05. The molecule has 0 fully saturated rings. The van der Waals surface area contributed by atoms with Gasteiger partial charge in [0.15, 0.2) is 5.78 Å². The van der Waals surface area contributed by atoms with Gasteiger partial charge in [0.1, 0.15) is 0 Å². The van der Waals surface area contributed by atoms with Crippen molar-refractivity contribution < 1.29 is 4.79 Å². The van der Waals surface area contributed by atoms with Gasteiger partial charge in [-0.15, -0.1) is 0 Å². The summed E-state index contributed by atoms with van der Waals surface area (Å²) in [6, 6.07) is 0. The normalized spacial score (nSPS) is 24.4. The van der Waals surface area contributed by atoms with Gasteiger partial charge in [0.25, 0.3) is 0 Å². The molecule has 0 atom stereocenters. The van der Waals surface area contributed by atoms with E-state index in [0.29, 0.717) is 6.42 Å². The molecule has 0 heterocycles. The van der Waals surface area contributed by atoms with Gasteiger partial charge in [-0.25, -0.2) is 0 Å². The minimum absolute atomic E-state index is 0.253. The summed E-state index contributed by atoms with van der Waals surface area (Å²) in [5.74, 6) is 0.253. The average molecular weight is 184 g/mol. The minimum atomic E-state index is 0.253. The van der Waals surface area contributed by atoms with E-state index in [1.165, 1.54) is 16.7 Å². The molecule has 0 radical (unpaired) electrons. The number of carbonyl (C=O) groups excluding carboxylic acids is 1. The lowest BCUT2D eigenvalue weighted by atomic mass is 9.88. The monoisotopic (exact) mass is 184 g/mol. The van der Waals surface area contributed by atoms with E-state index in [9.17, 15) is 4.79 Å². The van der Waals surface area contributed by atoms with Crippen molar-refractivity contribution in [3.05, 3.63) is 46.6 Å². The van der Waals surface area contributed by atoms with Crippen molar-refractivity contribution in [1.82, 2.24) is 0 Å². The quantitative estimate of drug-likeness (QED) is 0.565. The predicted molar refractivity (Wildman–Crippen MR) is 55.8 cm³/mol. The number of hydrogen-bond donors (Lipinski definition) is 0. The highest BCUT2D eigenvalue weighted by Crippen LogP contribution is 2.40. The van der Waals surface area contributed by atoms with Crippen molar-refractivity contribution in [1.29, 1.82) is 0 Å². The zero-order chi connectivity index (χ0) is 9.54. The van der Waals surface area contributed by atoms with Crippen LogP contribution in [0.2, 0.25) is 0 Å². The van der Waals surface area contributed by atoms with E-state index in [2.05, 4.69) is 18.2 Å². The maximum absolute atomic E-state index is 11.4. The zero-order valence-electron chi connectivity index (χ0n) is 8.05. The molecule has 1 heteroatoms. The van der Waals surface area contributed by atoms with Crippen LogP contribution in [0, 0.1) is 0 Å². The molecule has 0 aromatic carbocycles. The van der Waals surface area contributed by atoms with Crippen molar-refractivity contribution in [2.45, 2.75) is 25.7 Å². The topological polar surface area (TPSA) is 17.1 Å². The predicted octanol–water partition coefficient (Wildman–Crippen LogP) is 2.86. The summed E-state index contributed by atoms with van der Waals surface area (Å²) in [4.78, 5) is 11.4. The molecule has 14 heavy (non-hydrogen) atoms. The van der Waals surface area contributed by atoms with Crippen LogP contribution >= 0.6 is 0 Å². The second-order valence-corrected chi connectivity index (χ2v) is 4.10. The molecule has 0 unspecified atom stereocenters. The van der Waals surface area contributed by atoms with Gasteiger partial charge in [0.05, 0.1) is 0 Å².